The maximum absolute atomic E-state index is 13.2. The van der Waals surface area contributed by atoms with E-state index in [1.165, 1.54) is 25.3 Å². The number of carbonyl (C=O) groups is 3. The Morgan fingerprint density at radius 1 is 0.946 bits per heavy atom. The first kappa shape index (κ1) is 24.5. The number of rotatable bonds is 6. The van der Waals surface area contributed by atoms with E-state index in [1.807, 2.05) is 0 Å². The summed E-state index contributed by atoms with van der Waals surface area (Å²) in [5.41, 5.74) is 1.29. The van der Waals surface area contributed by atoms with Crippen molar-refractivity contribution in [1.82, 2.24) is 5.32 Å². The molecule has 2 aliphatic heterocycles. The summed E-state index contributed by atoms with van der Waals surface area (Å²) in [5, 5.41) is 3.06. The first-order valence-electron chi connectivity index (χ1n) is 10.9. The van der Waals surface area contributed by atoms with Gasteiger partial charge in [0.2, 0.25) is 6.79 Å². The summed E-state index contributed by atoms with van der Waals surface area (Å²) >= 11 is 12.0. The lowest BCUT2D eigenvalue weighted by Gasteiger charge is -2.26. The summed E-state index contributed by atoms with van der Waals surface area (Å²) in [6, 6.07) is 13.8. The highest BCUT2D eigenvalue weighted by Crippen LogP contribution is 2.37. The number of methoxy groups -OCH3 is 1. The highest BCUT2D eigenvalue weighted by molar-refractivity contribution is 6.42. The van der Waals surface area contributed by atoms with Gasteiger partial charge in [-0.1, -0.05) is 35.3 Å². The lowest BCUT2D eigenvalue weighted by atomic mass is 10.1. The number of hydrogen-bond donors (Lipinski definition) is 1. The Labute approximate surface area is 221 Å². The van der Waals surface area contributed by atoms with Gasteiger partial charge in [-0.25, -0.2) is 9.69 Å². The number of fused-ring (bicyclic) bond motifs is 1. The third-order valence-corrected chi connectivity index (χ3v) is 6.33. The molecule has 0 aliphatic carbocycles. The summed E-state index contributed by atoms with van der Waals surface area (Å²) in [7, 11) is 1.47. The van der Waals surface area contributed by atoms with Crippen LogP contribution in [-0.4, -0.2) is 31.7 Å². The van der Waals surface area contributed by atoms with Crippen LogP contribution >= 0.6 is 23.2 Å². The fourth-order valence-electron chi connectivity index (χ4n) is 3.77. The van der Waals surface area contributed by atoms with E-state index < -0.39 is 17.8 Å². The molecule has 4 amide bonds. The van der Waals surface area contributed by atoms with Gasteiger partial charge in [-0.15, -0.1) is 0 Å². The van der Waals surface area contributed by atoms with E-state index in [4.69, 9.17) is 42.1 Å². The van der Waals surface area contributed by atoms with Crippen molar-refractivity contribution < 1.29 is 33.3 Å². The van der Waals surface area contributed by atoms with Gasteiger partial charge in [0.1, 0.15) is 12.2 Å². The number of ether oxygens (including phenoxy) is 4. The number of benzene rings is 3. The first-order valence-corrected chi connectivity index (χ1v) is 11.7. The quantitative estimate of drug-likeness (QED) is 0.347. The second kappa shape index (κ2) is 10.0. The fraction of sp³-hybridized carbons (Fsp3) is 0.115. The standard InChI is InChI=1S/C26H18Cl2N2O7/c1-34-22-10-14(3-6-20(22)35-12-15-2-5-18(27)19(28)9-15)8-17-24(31)29-26(33)30(25(17)32)16-4-7-21-23(11-16)37-13-36-21/h2-11H,12-13H2,1H3,(H,29,31,33)/b17-8+. The Balaban J connectivity index is 1.39. The predicted octanol–water partition coefficient (Wildman–Crippen LogP) is 4.98. The van der Waals surface area contributed by atoms with Gasteiger partial charge in [-0.2, -0.15) is 0 Å². The molecular formula is C26H18Cl2N2O7. The molecular weight excluding hydrogens is 523 g/mol. The van der Waals surface area contributed by atoms with E-state index in [0.29, 0.717) is 38.6 Å². The molecule has 3 aromatic carbocycles. The van der Waals surface area contributed by atoms with E-state index >= 15 is 0 Å². The Morgan fingerprint density at radius 3 is 2.54 bits per heavy atom. The molecule has 9 nitrogen and oxygen atoms in total. The SMILES string of the molecule is COc1cc(/C=C2\C(=O)NC(=O)N(c3ccc4c(c3)OCO4)C2=O)ccc1OCc1ccc(Cl)c(Cl)c1. The number of halogens is 2. The predicted molar refractivity (Wildman–Crippen MR) is 135 cm³/mol. The van der Waals surface area contributed by atoms with E-state index in [1.54, 1.807) is 42.5 Å². The van der Waals surface area contributed by atoms with Crippen LogP contribution in [0.5, 0.6) is 23.0 Å². The van der Waals surface area contributed by atoms with Crippen LogP contribution in [0.1, 0.15) is 11.1 Å². The molecule has 0 aromatic heterocycles. The molecule has 37 heavy (non-hydrogen) atoms. The zero-order valence-corrected chi connectivity index (χ0v) is 20.8. The molecule has 0 bridgehead atoms. The van der Waals surface area contributed by atoms with Gasteiger partial charge in [-0.3, -0.25) is 14.9 Å². The number of nitrogens with zero attached hydrogens (tertiary/aromatic N) is 1. The molecule has 5 rings (SSSR count). The van der Waals surface area contributed by atoms with Crippen molar-refractivity contribution in [2.24, 2.45) is 0 Å². The Morgan fingerprint density at radius 2 is 1.76 bits per heavy atom. The molecule has 0 spiro atoms. The molecule has 1 N–H and O–H groups in total. The zero-order chi connectivity index (χ0) is 26.1. The minimum absolute atomic E-state index is 0.0392. The third kappa shape index (κ3) is 4.91. The van der Waals surface area contributed by atoms with Crippen LogP contribution in [0.3, 0.4) is 0 Å². The molecule has 3 aromatic rings. The summed E-state index contributed by atoms with van der Waals surface area (Å²) in [5.74, 6) is 0.0993. The number of anilines is 1. The molecule has 1 fully saturated rings. The van der Waals surface area contributed by atoms with Crippen LogP contribution in [0, 0.1) is 0 Å². The molecule has 0 atom stereocenters. The molecule has 2 aliphatic rings. The van der Waals surface area contributed by atoms with Crippen molar-refractivity contribution >= 4 is 52.8 Å². The number of imide groups is 2. The maximum Gasteiger partial charge on any atom is 0.335 e. The minimum Gasteiger partial charge on any atom is -0.493 e. The molecule has 0 saturated carbocycles. The van der Waals surface area contributed by atoms with E-state index in [9.17, 15) is 14.4 Å². The maximum atomic E-state index is 13.2. The topological polar surface area (TPSA) is 103 Å². The van der Waals surface area contributed by atoms with Gasteiger partial charge in [0.15, 0.2) is 23.0 Å². The lowest BCUT2D eigenvalue weighted by molar-refractivity contribution is -0.122. The Kier molecular flexibility index (Phi) is 6.64. The monoisotopic (exact) mass is 540 g/mol. The van der Waals surface area contributed by atoms with Crippen molar-refractivity contribution in [1.29, 1.82) is 0 Å². The number of barbiturate groups is 1. The van der Waals surface area contributed by atoms with Gasteiger partial charge < -0.3 is 18.9 Å². The average molecular weight is 541 g/mol. The van der Waals surface area contributed by atoms with E-state index in [2.05, 4.69) is 5.32 Å². The minimum atomic E-state index is -0.866. The van der Waals surface area contributed by atoms with Crippen molar-refractivity contribution in [3.8, 4) is 23.0 Å². The van der Waals surface area contributed by atoms with Gasteiger partial charge in [-0.05, 0) is 53.6 Å². The highest BCUT2D eigenvalue weighted by Gasteiger charge is 2.37. The number of hydrogen-bond acceptors (Lipinski definition) is 7. The molecule has 1 saturated heterocycles. The smallest absolute Gasteiger partial charge is 0.335 e. The molecule has 0 radical (unpaired) electrons. The second-order valence-electron chi connectivity index (χ2n) is 7.94. The van der Waals surface area contributed by atoms with E-state index in [0.717, 1.165) is 10.5 Å². The van der Waals surface area contributed by atoms with Crippen molar-refractivity contribution in [2.75, 3.05) is 18.8 Å². The first-order chi connectivity index (χ1) is 17.8. The molecule has 188 valence electrons. The van der Waals surface area contributed by atoms with Gasteiger partial charge >= 0.3 is 6.03 Å². The third-order valence-electron chi connectivity index (χ3n) is 5.59. The largest absolute Gasteiger partial charge is 0.493 e. The van der Waals surface area contributed by atoms with Gasteiger partial charge in [0.25, 0.3) is 11.8 Å². The van der Waals surface area contributed by atoms with E-state index in [-0.39, 0.29) is 24.7 Å². The van der Waals surface area contributed by atoms with Crippen molar-refractivity contribution in [2.45, 2.75) is 6.61 Å². The molecule has 11 heteroatoms. The van der Waals surface area contributed by atoms with Crippen LogP contribution in [-0.2, 0) is 16.2 Å². The molecule has 0 unspecified atom stereocenters. The van der Waals surface area contributed by atoms with Crippen molar-refractivity contribution in [3.05, 3.63) is 81.3 Å². The van der Waals surface area contributed by atoms with Crippen LogP contribution in [0.15, 0.2) is 60.2 Å². The number of carbonyl (C=O) groups excluding carboxylic acids is 3. The number of urea groups is 1. The van der Waals surface area contributed by atoms with Crippen LogP contribution in [0.25, 0.3) is 6.08 Å². The zero-order valence-electron chi connectivity index (χ0n) is 19.2. The van der Waals surface area contributed by atoms with Crippen molar-refractivity contribution in [3.63, 3.8) is 0 Å². The summed E-state index contributed by atoms with van der Waals surface area (Å²) < 4.78 is 21.9. The summed E-state index contributed by atoms with van der Waals surface area (Å²) in [4.78, 5) is 39.1. The highest BCUT2D eigenvalue weighted by atomic mass is 35.5. The van der Waals surface area contributed by atoms with Crippen LogP contribution in [0.2, 0.25) is 10.0 Å². The second-order valence-corrected chi connectivity index (χ2v) is 8.76. The fourth-order valence-corrected chi connectivity index (χ4v) is 4.09. The Bertz CT molecular complexity index is 1470. The van der Waals surface area contributed by atoms with Gasteiger partial charge in [0.05, 0.1) is 22.8 Å². The number of nitrogens with one attached hydrogen (secondary N) is 1. The lowest BCUT2D eigenvalue weighted by Crippen LogP contribution is -2.54. The molecule has 2 heterocycles. The summed E-state index contributed by atoms with van der Waals surface area (Å²) in [6.45, 7) is 0.249. The number of amides is 4. The summed E-state index contributed by atoms with van der Waals surface area (Å²) in [6.07, 6.45) is 1.37. The normalized spacial score (nSPS) is 15.7. The Hall–Kier alpha value is -4.21. The van der Waals surface area contributed by atoms with Gasteiger partial charge in [0, 0.05) is 6.07 Å². The van der Waals surface area contributed by atoms with Crippen LogP contribution < -0.4 is 29.2 Å². The van der Waals surface area contributed by atoms with Crippen LogP contribution in [0.4, 0.5) is 10.5 Å². The average Bonchev–Trinajstić information content (AvgIpc) is 3.35.